The van der Waals surface area contributed by atoms with Crippen LogP contribution < -0.4 is 10.6 Å². The van der Waals surface area contributed by atoms with Gasteiger partial charge in [0.25, 0.3) is 0 Å². The quantitative estimate of drug-likeness (QED) is 0.724. The molecule has 0 unspecified atom stereocenters. The molecule has 0 bridgehead atoms. The molecule has 7 heteroatoms. The van der Waals surface area contributed by atoms with E-state index in [2.05, 4.69) is 20.5 Å². The molecule has 18 heavy (non-hydrogen) atoms. The summed E-state index contributed by atoms with van der Waals surface area (Å²) in [6.07, 6.45) is 3.25. The average Bonchev–Trinajstić information content (AvgIpc) is 2.82. The molecule has 2 amide bonds. The zero-order chi connectivity index (χ0) is 13.2. The van der Waals surface area contributed by atoms with Crippen molar-refractivity contribution in [2.45, 2.75) is 19.9 Å². The molecule has 0 aliphatic carbocycles. The highest BCUT2D eigenvalue weighted by molar-refractivity contribution is 5.76. The summed E-state index contributed by atoms with van der Waals surface area (Å²) in [6, 6.07) is 1.82. The molecule has 0 saturated carbocycles. The fourth-order valence-corrected chi connectivity index (χ4v) is 1.29. The Morgan fingerprint density at radius 1 is 1.33 bits per heavy atom. The van der Waals surface area contributed by atoms with E-state index in [0.717, 1.165) is 0 Å². The van der Waals surface area contributed by atoms with Crippen LogP contribution in [0.15, 0.2) is 18.5 Å². The van der Waals surface area contributed by atoms with Gasteiger partial charge in [0.15, 0.2) is 0 Å². The van der Waals surface area contributed by atoms with Crippen LogP contribution in [0, 0.1) is 0 Å². The smallest absolute Gasteiger partial charge is 0.407 e. The second-order valence-electron chi connectivity index (χ2n) is 3.52. The number of aromatic nitrogens is 2. The molecule has 0 spiro atoms. The highest BCUT2D eigenvalue weighted by atomic mass is 16.5. The van der Waals surface area contributed by atoms with Gasteiger partial charge in [0.1, 0.15) is 0 Å². The van der Waals surface area contributed by atoms with E-state index < -0.39 is 6.09 Å². The summed E-state index contributed by atoms with van der Waals surface area (Å²) >= 11 is 0. The van der Waals surface area contributed by atoms with Crippen molar-refractivity contribution in [3.8, 4) is 0 Å². The SMILES string of the molecule is CCOC(=O)NCCC(=O)NCCn1cccn1. The van der Waals surface area contributed by atoms with Gasteiger partial charge >= 0.3 is 6.09 Å². The topological polar surface area (TPSA) is 85.2 Å². The summed E-state index contributed by atoms with van der Waals surface area (Å²) < 4.78 is 6.39. The minimum absolute atomic E-state index is 0.112. The second kappa shape index (κ2) is 8.10. The fraction of sp³-hybridized carbons (Fsp3) is 0.545. The maximum atomic E-state index is 11.4. The van der Waals surface area contributed by atoms with Gasteiger partial charge in [-0.05, 0) is 13.0 Å². The molecule has 0 radical (unpaired) electrons. The van der Waals surface area contributed by atoms with E-state index in [1.807, 2.05) is 12.3 Å². The third-order valence-corrected chi connectivity index (χ3v) is 2.12. The zero-order valence-electron chi connectivity index (χ0n) is 10.4. The summed E-state index contributed by atoms with van der Waals surface area (Å²) in [6.45, 7) is 3.46. The molecule has 1 aromatic heterocycles. The first-order valence-electron chi connectivity index (χ1n) is 5.87. The van der Waals surface area contributed by atoms with Crippen molar-refractivity contribution in [2.75, 3.05) is 19.7 Å². The fourth-order valence-electron chi connectivity index (χ4n) is 1.29. The average molecular weight is 254 g/mol. The Bertz CT molecular complexity index is 364. The number of amides is 2. The predicted molar refractivity (Wildman–Crippen MR) is 64.9 cm³/mol. The molecule has 0 aliphatic rings. The van der Waals surface area contributed by atoms with Crippen molar-refractivity contribution in [1.82, 2.24) is 20.4 Å². The molecule has 0 atom stereocenters. The lowest BCUT2D eigenvalue weighted by Crippen LogP contribution is -2.32. The Labute approximate surface area is 105 Å². The highest BCUT2D eigenvalue weighted by Gasteiger charge is 2.03. The number of hydrogen-bond donors (Lipinski definition) is 2. The molecular formula is C11H18N4O3. The van der Waals surface area contributed by atoms with Crippen LogP contribution in [0.2, 0.25) is 0 Å². The first-order chi connectivity index (χ1) is 8.72. The van der Waals surface area contributed by atoms with E-state index >= 15 is 0 Å². The highest BCUT2D eigenvalue weighted by Crippen LogP contribution is 1.84. The first-order valence-corrected chi connectivity index (χ1v) is 5.87. The van der Waals surface area contributed by atoms with Crippen molar-refractivity contribution in [3.05, 3.63) is 18.5 Å². The number of carbonyl (C=O) groups excluding carboxylic acids is 2. The van der Waals surface area contributed by atoms with Gasteiger partial charge in [-0.15, -0.1) is 0 Å². The van der Waals surface area contributed by atoms with Crippen LogP contribution in [0.3, 0.4) is 0 Å². The summed E-state index contributed by atoms with van der Waals surface area (Å²) in [5.41, 5.74) is 0. The van der Waals surface area contributed by atoms with E-state index in [4.69, 9.17) is 0 Å². The molecule has 0 aromatic carbocycles. The molecule has 0 fully saturated rings. The summed E-state index contributed by atoms with van der Waals surface area (Å²) in [4.78, 5) is 22.3. The lowest BCUT2D eigenvalue weighted by Gasteiger charge is -2.06. The van der Waals surface area contributed by atoms with E-state index in [1.165, 1.54) is 0 Å². The van der Waals surface area contributed by atoms with E-state index in [1.54, 1.807) is 17.8 Å². The molecule has 0 saturated heterocycles. The van der Waals surface area contributed by atoms with Gasteiger partial charge in [-0.3, -0.25) is 9.48 Å². The number of nitrogens with one attached hydrogen (secondary N) is 2. The van der Waals surface area contributed by atoms with Crippen LogP contribution in [0.1, 0.15) is 13.3 Å². The molecule has 7 nitrogen and oxygen atoms in total. The molecule has 100 valence electrons. The van der Waals surface area contributed by atoms with Crippen LogP contribution >= 0.6 is 0 Å². The Morgan fingerprint density at radius 3 is 2.83 bits per heavy atom. The minimum atomic E-state index is -0.498. The molecule has 1 heterocycles. The minimum Gasteiger partial charge on any atom is -0.450 e. The molecule has 1 rings (SSSR count). The van der Waals surface area contributed by atoms with Gasteiger partial charge < -0.3 is 15.4 Å². The Balaban J connectivity index is 2.02. The van der Waals surface area contributed by atoms with Gasteiger partial charge in [-0.1, -0.05) is 0 Å². The third kappa shape index (κ3) is 5.88. The van der Waals surface area contributed by atoms with Crippen LogP contribution in [0.5, 0.6) is 0 Å². The number of carbonyl (C=O) groups is 2. The van der Waals surface area contributed by atoms with Gasteiger partial charge in [0.05, 0.1) is 13.2 Å². The summed E-state index contributed by atoms with van der Waals surface area (Å²) in [5, 5.41) is 9.22. The normalized spacial score (nSPS) is 9.83. The standard InChI is InChI=1S/C11H18N4O3/c1-2-18-11(17)13-6-4-10(16)12-7-9-15-8-3-5-14-15/h3,5,8H,2,4,6-7,9H2,1H3,(H,12,16)(H,13,17). The van der Waals surface area contributed by atoms with Gasteiger partial charge in [-0.25, -0.2) is 4.79 Å². The van der Waals surface area contributed by atoms with Gasteiger partial charge in [0, 0.05) is 31.9 Å². The monoisotopic (exact) mass is 254 g/mol. The Morgan fingerprint density at radius 2 is 2.17 bits per heavy atom. The van der Waals surface area contributed by atoms with Crippen molar-refractivity contribution >= 4 is 12.0 Å². The Hall–Kier alpha value is -2.05. The maximum absolute atomic E-state index is 11.4. The van der Waals surface area contributed by atoms with E-state index in [0.29, 0.717) is 19.7 Å². The second-order valence-corrected chi connectivity index (χ2v) is 3.52. The molecule has 2 N–H and O–H groups in total. The van der Waals surface area contributed by atoms with Crippen LogP contribution in [-0.4, -0.2) is 41.5 Å². The lowest BCUT2D eigenvalue weighted by atomic mass is 10.4. The van der Waals surface area contributed by atoms with E-state index in [9.17, 15) is 9.59 Å². The predicted octanol–water partition coefficient (Wildman–Crippen LogP) is 0.135. The number of ether oxygens (including phenoxy) is 1. The molecule has 0 aliphatic heterocycles. The summed E-state index contributed by atoms with van der Waals surface area (Å²) in [7, 11) is 0. The maximum Gasteiger partial charge on any atom is 0.407 e. The van der Waals surface area contributed by atoms with Crippen molar-refractivity contribution in [2.24, 2.45) is 0 Å². The summed E-state index contributed by atoms with van der Waals surface area (Å²) in [5.74, 6) is -0.112. The number of alkyl carbamates (subject to hydrolysis) is 1. The number of hydrogen-bond acceptors (Lipinski definition) is 4. The largest absolute Gasteiger partial charge is 0.450 e. The number of rotatable bonds is 7. The van der Waals surface area contributed by atoms with Crippen LogP contribution in [-0.2, 0) is 16.1 Å². The number of nitrogens with zero attached hydrogens (tertiary/aromatic N) is 2. The van der Waals surface area contributed by atoms with Crippen LogP contribution in [0.25, 0.3) is 0 Å². The molecule has 1 aromatic rings. The van der Waals surface area contributed by atoms with Crippen molar-refractivity contribution in [1.29, 1.82) is 0 Å². The van der Waals surface area contributed by atoms with Crippen molar-refractivity contribution < 1.29 is 14.3 Å². The first kappa shape index (κ1) is 14.0. The zero-order valence-corrected chi connectivity index (χ0v) is 10.4. The third-order valence-electron chi connectivity index (χ3n) is 2.12. The van der Waals surface area contributed by atoms with Crippen LogP contribution in [0.4, 0.5) is 4.79 Å². The van der Waals surface area contributed by atoms with Crippen molar-refractivity contribution in [3.63, 3.8) is 0 Å². The Kier molecular flexibility index (Phi) is 6.31. The molecular weight excluding hydrogens is 236 g/mol. The van der Waals surface area contributed by atoms with E-state index in [-0.39, 0.29) is 18.9 Å². The van der Waals surface area contributed by atoms with Gasteiger partial charge in [-0.2, -0.15) is 5.10 Å². The lowest BCUT2D eigenvalue weighted by molar-refractivity contribution is -0.120. The van der Waals surface area contributed by atoms with Gasteiger partial charge in [0.2, 0.25) is 5.91 Å².